The highest BCUT2D eigenvalue weighted by atomic mass is 16.5. The van der Waals surface area contributed by atoms with Gasteiger partial charge in [0.15, 0.2) is 5.82 Å². The SMILES string of the molecule is COCCNc1nccn2nc(C)cc12. The highest BCUT2D eigenvalue weighted by Crippen LogP contribution is 2.13. The van der Waals surface area contributed by atoms with Gasteiger partial charge in [-0.25, -0.2) is 9.50 Å². The molecule has 0 aliphatic heterocycles. The van der Waals surface area contributed by atoms with Crippen LogP contribution in [0.4, 0.5) is 5.82 Å². The van der Waals surface area contributed by atoms with Gasteiger partial charge in [-0.2, -0.15) is 5.10 Å². The molecule has 2 rings (SSSR count). The minimum Gasteiger partial charge on any atom is -0.383 e. The highest BCUT2D eigenvalue weighted by molar-refractivity contribution is 5.67. The molecule has 2 heterocycles. The lowest BCUT2D eigenvalue weighted by Crippen LogP contribution is -2.09. The molecule has 0 amide bonds. The maximum atomic E-state index is 4.97. The first-order valence-electron chi connectivity index (χ1n) is 4.85. The van der Waals surface area contributed by atoms with Crippen molar-refractivity contribution in [3.8, 4) is 0 Å². The van der Waals surface area contributed by atoms with Crippen molar-refractivity contribution in [1.29, 1.82) is 0 Å². The van der Waals surface area contributed by atoms with Crippen molar-refractivity contribution in [2.75, 3.05) is 25.6 Å². The molecule has 0 saturated heterocycles. The number of anilines is 1. The first-order valence-corrected chi connectivity index (χ1v) is 4.85. The summed E-state index contributed by atoms with van der Waals surface area (Å²) >= 11 is 0. The zero-order valence-corrected chi connectivity index (χ0v) is 8.90. The predicted molar refractivity (Wildman–Crippen MR) is 58.1 cm³/mol. The van der Waals surface area contributed by atoms with Gasteiger partial charge < -0.3 is 10.1 Å². The van der Waals surface area contributed by atoms with Crippen LogP contribution in [0.1, 0.15) is 5.69 Å². The minimum atomic E-state index is 0.663. The maximum absolute atomic E-state index is 4.97. The number of nitrogens with one attached hydrogen (secondary N) is 1. The van der Waals surface area contributed by atoms with Crippen molar-refractivity contribution in [2.24, 2.45) is 0 Å². The second-order valence-corrected chi connectivity index (χ2v) is 3.31. The number of rotatable bonds is 4. The Bertz CT molecular complexity index is 452. The average molecular weight is 206 g/mol. The number of aryl methyl sites for hydroxylation is 1. The first kappa shape index (κ1) is 9.92. The largest absolute Gasteiger partial charge is 0.383 e. The number of nitrogens with zero attached hydrogens (tertiary/aromatic N) is 3. The first-order chi connectivity index (χ1) is 7.31. The van der Waals surface area contributed by atoms with Gasteiger partial charge in [0, 0.05) is 26.0 Å². The zero-order chi connectivity index (χ0) is 10.7. The summed E-state index contributed by atoms with van der Waals surface area (Å²) in [5.74, 6) is 0.843. The van der Waals surface area contributed by atoms with Gasteiger partial charge in [-0.15, -0.1) is 0 Å². The van der Waals surface area contributed by atoms with Crippen molar-refractivity contribution < 1.29 is 4.74 Å². The van der Waals surface area contributed by atoms with Gasteiger partial charge in [0.05, 0.1) is 12.3 Å². The lowest BCUT2D eigenvalue weighted by atomic mass is 10.4. The van der Waals surface area contributed by atoms with Crippen LogP contribution in [0.3, 0.4) is 0 Å². The molecule has 0 radical (unpaired) electrons. The molecule has 15 heavy (non-hydrogen) atoms. The van der Waals surface area contributed by atoms with E-state index in [1.54, 1.807) is 13.3 Å². The molecule has 5 nitrogen and oxygen atoms in total. The standard InChI is InChI=1S/C10H14N4O/c1-8-7-9-10(12-4-6-15-2)11-3-5-14(9)13-8/h3,5,7H,4,6H2,1-2H3,(H,11,12). The molecule has 1 N–H and O–H groups in total. The Morgan fingerprint density at radius 2 is 2.40 bits per heavy atom. The Morgan fingerprint density at radius 1 is 1.53 bits per heavy atom. The quantitative estimate of drug-likeness (QED) is 0.761. The summed E-state index contributed by atoms with van der Waals surface area (Å²) in [6.45, 7) is 3.37. The van der Waals surface area contributed by atoms with Gasteiger partial charge in [-0.05, 0) is 13.0 Å². The van der Waals surface area contributed by atoms with E-state index in [2.05, 4.69) is 15.4 Å². The molecule has 0 bridgehead atoms. The van der Waals surface area contributed by atoms with Crippen LogP contribution in [0.2, 0.25) is 0 Å². The molecular weight excluding hydrogens is 192 g/mol. The van der Waals surface area contributed by atoms with E-state index in [0.29, 0.717) is 6.61 Å². The van der Waals surface area contributed by atoms with Crippen LogP contribution in [-0.2, 0) is 4.74 Å². The van der Waals surface area contributed by atoms with Gasteiger partial charge in [0.25, 0.3) is 0 Å². The average Bonchev–Trinajstić information content (AvgIpc) is 2.59. The van der Waals surface area contributed by atoms with Gasteiger partial charge >= 0.3 is 0 Å². The molecule has 0 aliphatic carbocycles. The molecular formula is C10H14N4O. The predicted octanol–water partition coefficient (Wildman–Crippen LogP) is 1.10. The van der Waals surface area contributed by atoms with Gasteiger partial charge in [-0.3, -0.25) is 0 Å². The van der Waals surface area contributed by atoms with E-state index < -0.39 is 0 Å². The van der Waals surface area contributed by atoms with Crippen LogP contribution in [0, 0.1) is 6.92 Å². The third-order valence-electron chi connectivity index (χ3n) is 2.11. The topological polar surface area (TPSA) is 51.5 Å². The van der Waals surface area contributed by atoms with Gasteiger partial charge in [0.1, 0.15) is 5.52 Å². The Balaban J connectivity index is 2.25. The molecule has 0 fully saturated rings. The Morgan fingerprint density at radius 3 is 3.20 bits per heavy atom. The van der Waals surface area contributed by atoms with Crippen molar-refractivity contribution >= 4 is 11.3 Å². The second-order valence-electron chi connectivity index (χ2n) is 3.31. The molecule has 0 spiro atoms. The highest BCUT2D eigenvalue weighted by Gasteiger charge is 2.03. The van der Waals surface area contributed by atoms with E-state index in [1.807, 2.05) is 23.7 Å². The van der Waals surface area contributed by atoms with Crippen LogP contribution in [0.25, 0.3) is 5.52 Å². The number of fused-ring (bicyclic) bond motifs is 1. The Kier molecular flexibility index (Phi) is 2.82. The molecule has 0 atom stereocenters. The number of ether oxygens (including phenoxy) is 1. The molecule has 2 aromatic heterocycles. The molecule has 80 valence electrons. The summed E-state index contributed by atoms with van der Waals surface area (Å²) in [7, 11) is 1.68. The smallest absolute Gasteiger partial charge is 0.152 e. The Hall–Kier alpha value is -1.62. The van der Waals surface area contributed by atoms with Gasteiger partial charge in [0.2, 0.25) is 0 Å². The van der Waals surface area contributed by atoms with E-state index >= 15 is 0 Å². The van der Waals surface area contributed by atoms with Crippen LogP contribution < -0.4 is 5.32 Å². The second kappa shape index (κ2) is 4.27. The third-order valence-corrected chi connectivity index (χ3v) is 2.11. The number of aromatic nitrogens is 3. The Labute approximate surface area is 88.1 Å². The van der Waals surface area contributed by atoms with E-state index in [4.69, 9.17) is 4.74 Å². The molecule has 0 aromatic carbocycles. The van der Waals surface area contributed by atoms with E-state index in [0.717, 1.165) is 23.6 Å². The molecule has 2 aromatic rings. The lowest BCUT2D eigenvalue weighted by Gasteiger charge is -2.05. The zero-order valence-electron chi connectivity index (χ0n) is 8.90. The third kappa shape index (κ3) is 2.07. The fourth-order valence-electron chi connectivity index (χ4n) is 1.45. The van der Waals surface area contributed by atoms with E-state index in [-0.39, 0.29) is 0 Å². The number of hydrogen-bond donors (Lipinski definition) is 1. The molecule has 0 aliphatic rings. The summed E-state index contributed by atoms with van der Waals surface area (Å²) in [6.07, 6.45) is 3.57. The summed E-state index contributed by atoms with van der Waals surface area (Å²) in [6, 6.07) is 2.00. The molecule has 0 unspecified atom stereocenters. The van der Waals surface area contributed by atoms with Crippen LogP contribution >= 0.6 is 0 Å². The maximum Gasteiger partial charge on any atom is 0.152 e. The monoisotopic (exact) mass is 206 g/mol. The van der Waals surface area contributed by atoms with Crippen LogP contribution in [0.5, 0.6) is 0 Å². The lowest BCUT2D eigenvalue weighted by molar-refractivity contribution is 0.210. The van der Waals surface area contributed by atoms with Crippen LogP contribution in [0.15, 0.2) is 18.5 Å². The summed E-state index contributed by atoms with van der Waals surface area (Å²) in [5.41, 5.74) is 1.98. The van der Waals surface area contributed by atoms with Crippen molar-refractivity contribution in [2.45, 2.75) is 6.92 Å². The normalized spacial score (nSPS) is 10.8. The summed E-state index contributed by atoms with van der Waals surface area (Å²) < 4.78 is 6.79. The minimum absolute atomic E-state index is 0.663. The molecule has 0 saturated carbocycles. The van der Waals surface area contributed by atoms with Crippen molar-refractivity contribution in [3.63, 3.8) is 0 Å². The van der Waals surface area contributed by atoms with Crippen molar-refractivity contribution in [3.05, 3.63) is 24.2 Å². The fraction of sp³-hybridized carbons (Fsp3) is 0.400. The number of hydrogen-bond acceptors (Lipinski definition) is 4. The molecule has 5 heteroatoms. The van der Waals surface area contributed by atoms with E-state index in [1.165, 1.54) is 0 Å². The summed E-state index contributed by atoms with van der Waals surface area (Å²) in [5, 5.41) is 7.51. The fourth-order valence-corrected chi connectivity index (χ4v) is 1.45. The van der Waals surface area contributed by atoms with Gasteiger partial charge in [-0.1, -0.05) is 0 Å². The van der Waals surface area contributed by atoms with E-state index in [9.17, 15) is 0 Å². The van der Waals surface area contributed by atoms with Crippen LogP contribution in [-0.4, -0.2) is 34.9 Å². The number of methoxy groups -OCH3 is 1. The van der Waals surface area contributed by atoms with Crippen molar-refractivity contribution in [1.82, 2.24) is 14.6 Å². The summed E-state index contributed by atoms with van der Waals surface area (Å²) in [4.78, 5) is 4.26.